The number of hydrogen-bond acceptors (Lipinski definition) is 3. The number of aromatic nitrogens is 1. The van der Waals surface area contributed by atoms with Gasteiger partial charge in [-0.05, 0) is 49.6 Å². The fraction of sp³-hybridized carbons (Fsp3) is 0.417. The number of rotatable bonds is 1. The molecule has 0 radical (unpaired) electrons. The summed E-state index contributed by atoms with van der Waals surface area (Å²) < 4.78 is 19.2. The maximum Gasteiger partial charge on any atom is 0.133 e. The Kier molecular flexibility index (Phi) is 2.61. The Morgan fingerprint density at radius 3 is 2.94 bits per heavy atom. The van der Waals surface area contributed by atoms with Crippen molar-refractivity contribution in [1.82, 2.24) is 9.69 Å². The topological polar surface area (TPSA) is 24.9 Å². The third-order valence-electron chi connectivity index (χ3n) is 3.20. The molecule has 2 aromatic rings. The van der Waals surface area contributed by atoms with Gasteiger partial charge in [0.1, 0.15) is 5.82 Å². The van der Waals surface area contributed by atoms with Crippen molar-refractivity contribution in [3.8, 4) is 0 Å². The van der Waals surface area contributed by atoms with E-state index in [9.17, 15) is 4.39 Å². The molecule has 1 aromatic heterocycles. The molecule has 0 spiro atoms. The van der Waals surface area contributed by atoms with E-state index in [1.54, 1.807) is 6.07 Å². The van der Waals surface area contributed by atoms with Gasteiger partial charge in [0.05, 0.1) is 15.8 Å². The molecule has 1 N–H and O–H groups in total. The van der Waals surface area contributed by atoms with Crippen molar-refractivity contribution < 1.29 is 4.39 Å². The van der Waals surface area contributed by atoms with Crippen LogP contribution in [0.5, 0.6) is 0 Å². The smallest absolute Gasteiger partial charge is 0.133 e. The molecular formula is C12H13FN2S. The lowest BCUT2D eigenvalue weighted by Gasteiger charge is -2.21. The first kappa shape index (κ1) is 10.2. The first-order chi connectivity index (χ1) is 7.86. The largest absolute Gasteiger partial charge is 0.317 e. The zero-order valence-corrected chi connectivity index (χ0v) is 9.69. The molecule has 0 bridgehead atoms. The monoisotopic (exact) mass is 236 g/mol. The van der Waals surface area contributed by atoms with Gasteiger partial charge in [-0.2, -0.15) is 4.37 Å². The Labute approximate surface area is 97.6 Å². The van der Waals surface area contributed by atoms with Gasteiger partial charge in [0.2, 0.25) is 0 Å². The Balaban J connectivity index is 2.09. The minimum Gasteiger partial charge on any atom is -0.317 e. The number of benzene rings is 1. The van der Waals surface area contributed by atoms with Gasteiger partial charge in [-0.3, -0.25) is 0 Å². The van der Waals surface area contributed by atoms with Crippen LogP contribution < -0.4 is 5.32 Å². The molecule has 3 rings (SSSR count). The predicted molar refractivity (Wildman–Crippen MR) is 64.4 cm³/mol. The Hall–Kier alpha value is -1.00. The van der Waals surface area contributed by atoms with Gasteiger partial charge in [0.15, 0.2) is 0 Å². The second-order valence-electron chi connectivity index (χ2n) is 4.21. The maximum absolute atomic E-state index is 13.8. The van der Waals surface area contributed by atoms with Crippen LogP contribution in [0.2, 0.25) is 0 Å². The number of nitrogens with zero attached hydrogens (tertiary/aromatic N) is 1. The van der Waals surface area contributed by atoms with Crippen LogP contribution >= 0.6 is 11.5 Å². The van der Waals surface area contributed by atoms with Gasteiger partial charge in [-0.15, -0.1) is 0 Å². The molecule has 0 unspecified atom stereocenters. The maximum atomic E-state index is 13.8. The molecule has 1 saturated heterocycles. The molecule has 2 nitrogen and oxygen atoms in total. The lowest BCUT2D eigenvalue weighted by molar-refractivity contribution is 0.456. The summed E-state index contributed by atoms with van der Waals surface area (Å²) in [5.41, 5.74) is 0.972. The number of nitrogens with one attached hydrogen (secondary N) is 1. The van der Waals surface area contributed by atoms with Crippen molar-refractivity contribution in [2.24, 2.45) is 0 Å². The lowest BCUT2D eigenvalue weighted by Crippen LogP contribution is -2.26. The van der Waals surface area contributed by atoms with Crippen molar-refractivity contribution in [3.05, 3.63) is 29.7 Å². The summed E-state index contributed by atoms with van der Waals surface area (Å²) in [6.45, 7) is 2.02. The molecule has 1 aliphatic rings. The summed E-state index contributed by atoms with van der Waals surface area (Å²) in [4.78, 5) is 0. The van der Waals surface area contributed by atoms with Crippen LogP contribution in [0.4, 0.5) is 4.39 Å². The third-order valence-corrected chi connectivity index (χ3v) is 4.02. The summed E-state index contributed by atoms with van der Waals surface area (Å²) in [6, 6.07) is 5.23. The van der Waals surface area contributed by atoms with Crippen molar-refractivity contribution in [1.29, 1.82) is 0 Å². The van der Waals surface area contributed by atoms with E-state index in [1.165, 1.54) is 17.6 Å². The molecule has 4 heteroatoms. The molecule has 16 heavy (non-hydrogen) atoms. The first-order valence-corrected chi connectivity index (χ1v) is 6.38. The Bertz CT molecular complexity index is 503. The first-order valence-electron chi connectivity index (χ1n) is 5.61. The SMILES string of the molecule is Fc1cccc2snc(C3CCNCC3)c12. The number of piperidine rings is 1. The van der Waals surface area contributed by atoms with E-state index in [1.807, 2.05) is 6.07 Å². The molecule has 0 aliphatic carbocycles. The number of hydrogen-bond donors (Lipinski definition) is 1. The lowest BCUT2D eigenvalue weighted by atomic mass is 9.92. The molecule has 0 saturated carbocycles. The minimum atomic E-state index is -0.125. The van der Waals surface area contributed by atoms with Crippen LogP contribution in [0, 0.1) is 5.82 Å². The molecule has 0 amide bonds. The molecule has 84 valence electrons. The second-order valence-corrected chi connectivity index (χ2v) is 5.01. The van der Waals surface area contributed by atoms with Gasteiger partial charge >= 0.3 is 0 Å². The summed E-state index contributed by atoms with van der Waals surface area (Å²) in [7, 11) is 0. The van der Waals surface area contributed by atoms with Crippen molar-refractivity contribution >= 4 is 21.6 Å². The van der Waals surface area contributed by atoms with E-state index in [2.05, 4.69) is 9.69 Å². The second kappa shape index (κ2) is 4.11. The average Bonchev–Trinajstić information content (AvgIpc) is 2.75. The van der Waals surface area contributed by atoms with E-state index < -0.39 is 0 Å². The number of halogens is 1. The zero-order chi connectivity index (χ0) is 11.0. The summed E-state index contributed by atoms with van der Waals surface area (Å²) in [6.07, 6.45) is 2.13. The molecule has 2 heterocycles. The Morgan fingerprint density at radius 1 is 1.31 bits per heavy atom. The molecule has 1 aliphatic heterocycles. The van der Waals surface area contributed by atoms with Gasteiger partial charge < -0.3 is 5.32 Å². The average molecular weight is 236 g/mol. The van der Waals surface area contributed by atoms with Crippen LogP contribution in [0.25, 0.3) is 10.1 Å². The highest BCUT2D eigenvalue weighted by Crippen LogP contribution is 2.34. The predicted octanol–water partition coefficient (Wildman–Crippen LogP) is 2.90. The van der Waals surface area contributed by atoms with E-state index in [0.29, 0.717) is 5.92 Å². The fourth-order valence-electron chi connectivity index (χ4n) is 2.35. The third kappa shape index (κ3) is 1.62. The van der Waals surface area contributed by atoms with Crippen LogP contribution in [-0.4, -0.2) is 17.5 Å². The van der Waals surface area contributed by atoms with Gasteiger partial charge in [-0.25, -0.2) is 4.39 Å². The van der Waals surface area contributed by atoms with Crippen LogP contribution in [0.3, 0.4) is 0 Å². The van der Waals surface area contributed by atoms with Crippen LogP contribution in [0.15, 0.2) is 18.2 Å². The van der Waals surface area contributed by atoms with Gasteiger partial charge in [0.25, 0.3) is 0 Å². The minimum absolute atomic E-state index is 0.125. The summed E-state index contributed by atoms with van der Waals surface area (Å²) >= 11 is 1.41. The quantitative estimate of drug-likeness (QED) is 0.823. The van der Waals surface area contributed by atoms with Crippen molar-refractivity contribution in [3.63, 3.8) is 0 Å². The normalized spacial score (nSPS) is 18.1. The highest BCUT2D eigenvalue weighted by Gasteiger charge is 2.21. The zero-order valence-electron chi connectivity index (χ0n) is 8.87. The molecule has 1 fully saturated rings. The van der Waals surface area contributed by atoms with Crippen LogP contribution in [-0.2, 0) is 0 Å². The Morgan fingerprint density at radius 2 is 2.12 bits per heavy atom. The molecule has 0 atom stereocenters. The van der Waals surface area contributed by atoms with E-state index in [0.717, 1.165) is 41.7 Å². The summed E-state index contributed by atoms with van der Waals surface area (Å²) in [5.74, 6) is 0.298. The van der Waals surface area contributed by atoms with E-state index in [-0.39, 0.29) is 5.82 Å². The highest BCUT2D eigenvalue weighted by atomic mass is 32.1. The van der Waals surface area contributed by atoms with E-state index in [4.69, 9.17) is 0 Å². The number of fused-ring (bicyclic) bond motifs is 1. The van der Waals surface area contributed by atoms with Crippen molar-refractivity contribution in [2.45, 2.75) is 18.8 Å². The molecule has 1 aromatic carbocycles. The highest BCUT2D eigenvalue weighted by molar-refractivity contribution is 7.13. The molecular weight excluding hydrogens is 223 g/mol. The van der Waals surface area contributed by atoms with Gasteiger partial charge in [0, 0.05) is 5.92 Å². The van der Waals surface area contributed by atoms with Gasteiger partial charge in [-0.1, -0.05) is 6.07 Å². The van der Waals surface area contributed by atoms with Crippen LogP contribution in [0.1, 0.15) is 24.5 Å². The van der Waals surface area contributed by atoms with Crippen molar-refractivity contribution in [2.75, 3.05) is 13.1 Å². The fourth-order valence-corrected chi connectivity index (χ4v) is 3.22. The van der Waals surface area contributed by atoms with E-state index >= 15 is 0 Å². The summed E-state index contributed by atoms with van der Waals surface area (Å²) in [5, 5.41) is 4.07. The standard InChI is InChI=1S/C12H13FN2S/c13-9-2-1-3-10-11(9)12(15-16-10)8-4-6-14-7-5-8/h1-3,8,14H,4-7H2.